The average molecular weight is 296 g/mol. The molecule has 0 saturated heterocycles. The molecular formula is C15H15Cl2NO. The van der Waals surface area contributed by atoms with E-state index in [4.69, 9.17) is 27.9 Å². The number of benzene rings is 2. The number of anilines is 1. The van der Waals surface area contributed by atoms with E-state index < -0.39 is 0 Å². The van der Waals surface area contributed by atoms with Crippen molar-refractivity contribution in [2.75, 3.05) is 18.5 Å². The Bertz CT molecular complexity index is 514. The highest BCUT2D eigenvalue weighted by molar-refractivity contribution is 6.30. The van der Waals surface area contributed by atoms with Gasteiger partial charge in [0, 0.05) is 22.3 Å². The van der Waals surface area contributed by atoms with Crippen LogP contribution in [0.15, 0.2) is 48.5 Å². The predicted octanol–water partition coefficient (Wildman–Crippen LogP) is 4.62. The van der Waals surface area contributed by atoms with Gasteiger partial charge in [-0.2, -0.15) is 0 Å². The molecule has 1 N–H and O–H groups in total. The van der Waals surface area contributed by atoms with Crippen LogP contribution in [0.4, 0.5) is 5.69 Å². The molecule has 0 aliphatic heterocycles. The Kier molecular flexibility index (Phi) is 5.52. The fraction of sp³-hybridized carbons (Fsp3) is 0.200. The maximum atomic E-state index is 5.90. The van der Waals surface area contributed by atoms with Gasteiger partial charge < -0.3 is 10.1 Å². The summed E-state index contributed by atoms with van der Waals surface area (Å²) in [6, 6.07) is 15.3. The maximum absolute atomic E-state index is 5.90. The first-order valence-corrected chi connectivity index (χ1v) is 6.81. The van der Waals surface area contributed by atoms with E-state index in [1.165, 1.54) is 0 Å². The molecule has 0 spiro atoms. The third-order valence-corrected chi connectivity index (χ3v) is 3.06. The van der Waals surface area contributed by atoms with Crippen LogP contribution >= 0.6 is 23.2 Å². The molecule has 0 saturated carbocycles. The summed E-state index contributed by atoms with van der Waals surface area (Å²) in [5, 5.41) is 4.73. The van der Waals surface area contributed by atoms with Gasteiger partial charge >= 0.3 is 0 Å². The van der Waals surface area contributed by atoms with Crippen molar-refractivity contribution >= 4 is 28.9 Å². The Morgan fingerprint density at radius 2 is 1.74 bits per heavy atom. The Morgan fingerprint density at radius 1 is 0.947 bits per heavy atom. The Hall–Kier alpha value is -1.22. The van der Waals surface area contributed by atoms with Crippen LogP contribution in [-0.2, 0) is 11.3 Å². The molecular weight excluding hydrogens is 281 g/mol. The summed E-state index contributed by atoms with van der Waals surface area (Å²) in [6.45, 7) is 1.96. The largest absolute Gasteiger partial charge is 0.383 e. The molecule has 0 amide bonds. The highest BCUT2D eigenvalue weighted by Gasteiger charge is 1.95. The molecule has 4 heteroatoms. The summed E-state index contributed by atoms with van der Waals surface area (Å²) < 4.78 is 5.57. The highest BCUT2D eigenvalue weighted by atomic mass is 35.5. The Labute approximate surface area is 123 Å². The van der Waals surface area contributed by atoms with Crippen LogP contribution in [0.2, 0.25) is 10.0 Å². The topological polar surface area (TPSA) is 21.3 Å². The molecule has 2 aromatic carbocycles. The third-order valence-electron chi connectivity index (χ3n) is 2.58. The van der Waals surface area contributed by atoms with Gasteiger partial charge in [0.2, 0.25) is 0 Å². The van der Waals surface area contributed by atoms with E-state index in [0.29, 0.717) is 13.2 Å². The van der Waals surface area contributed by atoms with E-state index in [0.717, 1.165) is 27.8 Å². The molecule has 2 rings (SSSR count). The zero-order valence-electron chi connectivity index (χ0n) is 10.4. The molecule has 0 fully saturated rings. The van der Waals surface area contributed by atoms with E-state index in [9.17, 15) is 0 Å². The van der Waals surface area contributed by atoms with Crippen molar-refractivity contribution in [3.63, 3.8) is 0 Å². The van der Waals surface area contributed by atoms with Gasteiger partial charge in [0.25, 0.3) is 0 Å². The minimum Gasteiger partial charge on any atom is -0.383 e. The van der Waals surface area contributed by atoms with Crippen molar-refractivity contribution in [2.45, 2.75) is 6.61 Å². The van der Waals surface area contributed by atoms with E-state index in [1.54, 1.807) is 0 Å². The van der Waals surface area contributed by atoms with Gasteiger partial charge in [0.1, 0.15) is 0 Å². The first-order valence-electron chi connectivity index (χ1n) is 6.06. The molecule has 0 radical (unpaired) electrons. The zero-order valence-corrected chi connectivity index (χ0v) is 11.9. The second-order valence-corrected chi connectivity index (χ2v) is 4.99. The van der Waals surface area contributed by atoms with Crippen molar-refractivity contribution < 1.29 is 4.74 Å². The third kappa shape index (κ3) is 5.11. The van der Waals surface area contributed by atoms with Crippen molar-refractivity contribution in [1.29, 1.82) is 0 Å². The molecule has 2 nitrogen and oxygen atoms in total. The van der Waals surface area contributed by atoms with Crippen molar-refractivity contribution in [2.24, 2.45) is 0 Å². The number of hydrogen-bond acceptors (Lipinski definition) is 2. The van der Waals surface area contributed by atoms with Crippen LogP contribution in [0.25, 0.3) is 0 Å². The fourth-order valence-electron chi connectivity index (χ4n) is 1.65. The van der Waals surface area contributed by atoms with Crippen molar-refractivity contribution in [1.82, 2.24) is 0 Å². The minimum atomic E-state index is 0.572. The summed E-state index contributed by atoms with van der Waals surface area (Å²) in [6.07, 6.45) is 0. The minimum absolute atomic E-state index is 0.572. The molecule has 19 heavy (non-hydrogen) atoms. The Morgan fingerprint density at radius 3 is 2.47 bits per heavy atom. The normalized spacial score (nSPS) is 10.4. The van der Waals surface area contributed by atoms with Crippen LogP contribution in [0.1, 0.15) is 5.56 Å². The molecule has 0 unspecified atom stereocenters. The van der Waals surface area contributed by atoms with Gasteiger partial charge in [-0.3, -0.25) is 0 Å². The molecule has 0 heterocycles. The summed E-state index contributed by atoms with van der Waals surface area (Å²) in [5.41, 5.74) is 2.12. The lowest BCUT2D eigenvalue weighted by molar-refractivity contribution is 0.130. The Balaban J connectivity index is 1.66. The molecule has 100 valence electrons. The average Bonchev–Trinajstić information content (AvgIpc) is 2.41. The highest BCUT2D eigenvalue weighted by Crippen LogP contribution is 2.13. The van der Waals surface area contributed by atoms with Gasteiger partial charge in [-0.15, -0.1) is 0 Å². The van der Waals surface area contributed by atoms with Gasteiger partial charge in [-0.1, -0.05) is 35.3 Å². The standard InChI is InChI=1S/C15H15Cl2NO/c16-13-4-6-15(7-5-13)18-8-9-19-11-12-2-1-3-14(17)10-12/h1-7,10,18H,8-9,11H2. The summed E-state index contributed by atoms with van der Waals surface area (Å²) in [5.74, 6) is 0. The smallest absolute Gasteiger partial charge is 0.0718 e. The maximum Gasteiger partial charge on any atom is 0.0718 e. The SMILES string of the molecule is Clc1ccc(NCCOCc2cccc(Cl)c2)cc1. The molecule has 0 aliphatic carbocycles. The van der Waals surface area contributed by atoms with E-state index in [2.05, 4.69) is 5.32 Å². The van der Waals surface area contributed by atoms with E-state index in [1.807, 2.05) is 48.5 Å². The van der Waals surface area contributed by atoms with Gasteiger partial charge in [0.05, 0.1) is 13.2 Å². The van der Waals surface area contributed by atoms with Crippen LogP contribution in [0.3, 0.4) is 0 Å². The number of halogens is 2. The number of rotatable bonds is 6. The lowest BCUT2D eigenvalue weighted by Gasteiger charge is -2.07. The van der Waals surface area contributed by atoms with Crippen LogP contribution in [0.5, 0.6) is 0 Å². The van der Waals surface area contributed by atoms with Gasteiger partial charge in [0.15, 0.2) is 0 Å². The second-order valence-electron chi connectivity index (χ2n) is 4.12. The van der Waals surface area contributed by atoms with E-state index in [-0.39, 0.29) is 0 Å². The van der Waals surface area contributed by atoms with Crippen LogP contribution in [-0.4, -0.2) is 13.2 Å². The summed E-state index contributed by atoms with van der Waals surface area (Å²) in [4.78, 5) is 0. The molecule has 0 atom stereocenters. The van der Waals surface area contributed by atoms with Crippen molar-refractivity contribution in [3.05, 3.63) is 64.1 Å². The zero-order chi connectivity index (χ0) is 13.5. The van der Waals surface area contributed by atoms with Gasteiger partial charge in [-0.25, -0.2) is 0 Å². The molecule has 0 bridgehead atoms. The predicted molar refractivity (Wildman–Crippen MR) is 81.0 cm³/mol. The van der Waals surface area contributed by atoms with Crippen LogP contribution in [0, 0.1) is 0 Å². The van der Waals surface area contributed by atoms with Crippen molar-refractivity contribution in [3.8, 4) is 0 Å². The lowest BCUT2D eigenvalue weighted by Crippen LogP contribution is -2.09. The molecule has 2 aromatic rings. The fourth-order valence-corrected chi connectivity index (χ4v) is 1.99. The van der Waals surface area contributed by atoms with Gasteiger partial charge in [-0.05, 0) is 42.0 Å². The number of ether oxygens (including phenoxy) is 1. The number of hydrogen-bond donors (Lipinski definition) is 1. The quantitative estimate of drug-likeness (QED) is 0.785. The molecule has 0 aromatic heterocycles. The summed E-state index contributed by atoms with van der Waals surface area (Å²) >= 11 is 11.7. The first kappa shape index (κ1) is 14.2. The first-order chi connectivity index (χ1) is 9.24. The molecule has 0 aliphatic rings. The lowest BCUT2D eigenvalue weighted by atomic mass is 10.2. The second kappa shape index (κ2) is 7.39. The monoisotopic (exact) mass is 295 g/mol. The summed E-state index contributed by atoms with van der Waals surface area (Å²) in [7, 11) is 0. The van der Waals surface area contributed by atoms with Crippen LogP contribution < -0.4 is 5.32 Å². The van der Waals surface area contributed by atoms with E-state index >= 15 is 0 Å². The number of nitrogens with one attached hydrogen (secondary N) is 1.